The summed E-state index contributed by atoms with van der Waals surface area (Å²) in [5, 5.41) is 0.718. The van der Waals surface area contributed by atoms with Crippen molar-refractivity contribution in [1.29, 1.82) is 0 Å². The number of benzene rings is 1. The van der Waals surface area contributed by atoms with E-state index in [0.29, 0.717) is 23.9 Å². The zero-order chi connectivity index (χ0) is 15.2. The van der Waals surface area contributed by atoms with E-state index in [1.54, 1.807) is 14.2 Å². The lowest BCUT2D eigenvalue weighted by Gasteiger charge is -2.16. The number of rotatable bonds is 5. The molecule has 0 amide bonds. The molecule has 3 nitrogen and oxygen atoms in total. The van der Waals surface area contributed by atoms with Crippen LogP contribution in [0.25, 0.3) is 0 Å². The molecule has 112 valence electrons. The van der Waals surface area contributed by atoms with Crippen molar-refractivity contribution in [1.82, 2.24) is 0 Å². The van der Waals surface area contributed by atoms with Gasteiger partial charge in [0.2, 0.25) is 5.75 Å². The number of aryl methyl sites for hydroxylation is 1. The number of methoxy groups -OCH3 is 2. The smallest absolute Gasteiger partial charge is 0.203 e. The highest BCUT2D eigenvalue weighted by atomic mass is 35.5. The second-order valence-corrected chi connectivity index (χ2v) is 5.21. The van der Waals surface area contributed by atoms with Gasteiger partial charge in [-0.1, -0.05) is 23.8 Å². The standard InChI is InChI=1S/C17H19ClO3/c1-12-9-15(19-2)17(16(10-12)20-3)21-11-13-5-4-6-14(18)8-7-13/h4,6-10H,5,11H2,1-3H3. The summed E-state index contributed by atoms with van der Waals surface area (Å²) < 4.78 is 16.7. The summed E-state index contributed by atoms with van der Waals surface area (Å²) >= 11 is 5.97. The van der Waals surface area contributed by atoms with E-state index in [2.05, 4.69) is 0 Å². The predicted molar refractivity (Wildman–Crippen MR) is 85.6 cm³/mol. The molecule has 0 fully saturated rings. The third kappa shape index (κ3) is 4.05. The van der Waals surface area contributed by atoms with E-state index in [-0.39, 0.29) is 0 Å². The van der Waals surface area contributed by atoms with Crippen LogP contribution in [0.3, 0.4) is 0 Å². The zero-order valence-electron chi connectivity index (χ0n) is 12.5. The average molecular weight is 307 g/mol. The minimum Gasteiger partial charge on any atom is -0.493 e. The summed E-state index contributed by atoms with van der Waals surface area (Å²) in [4.78, 5) is 0. The maximum atomic E-state index is 5.97. The van der Waals surface area contributed by atoms with Gasteiger partial charge in [0.25, 0.3) is 0 Å². The summed E-state index contributed by atoms with van der Waals surface area (Å²) in [6.07, 6.45) is 8.56. The molecule has 0 aliphatic heterocycles. The molecule has 0 heterocycles. The molecule has 0 spiro atoms. The Bertz CT molecular complexity index is 575. The molecule has 0 aromatic heterocycles. The normalized spacial score (nSPS) is 14.1. The average Bonchev–Trinajstić information content (AvgIpc) is 2.69. The SMILES string of the molecule is COc1cc(C)cc(OC)c1OCC1=CC=C(Cl)C=CC1. The number of hydrogen-bond acceptors (Lipinski definition) is 3. The fourth-order valence-electron chi connectivity index (χ4n) is 2.07. The van der Waals surface area contributed by atoms with Gasteiger partial charge in [0.05, 0.1) is 14.2 Å². The lowest BCUT2D eigenvalue weighted by Crippen LogP contribution is -2.04. The molecular formula is C17H19ClO3. The van der Waals surface area contributed by atoms with Gasteiger partial charge >= 0.3 is 0 Å². The molecule has 1 aromatic carbocycles. The predicted octanol–water partition coefficient (Wildman–Crippen LogP) is 4.40. The van der Waals surface area contributed by atoms with E-state index < -0.39 is 0 Å². The maximum absolute atomic E-state index is 5.97. The Balaban J connectivity index is 2.18. The van der Waals surface area contributed by atoms with Gasteiger partial charge < -0.3 is 14.2 Å². The molecule has 0 saturated heterocycles. The van der Waals surface area contributed by atoms with Crippen molar-refractivity contribution < 1.29 is 14.2 Å². The number of hydrogen-bond donors (Lipinski definition) is 0. The Morgan fingerprint density at radius 2 is 1.76 bits per heavy atom. The molecule has 0 bridgehead atoms. The Labute approximate surface area is 130 Å². The first-order chi connectivity index (χ1) is 10.1. The zero-order valence-corrected chi connectivity index (χ0v) is 13.2. The van der Waals surface area contributed by atoms with Gasteiger partial charge in [-0.2, -0.15) is 0 Å². The molecule has 0 radical (unpaired) electrons. The lowest BCUT2D eigenvalue weighted by molar-refractivity contribution is 0.294. The van der Waals surface area contributed by atoms with Crippen LogP contribution in [0, 0.1) is 6.92 Å². The van der Waals surface area contributed by atoms with E-state index in [1.807, 2.05) is 43.4 Å². The molecular weight excluding hydrogens is 288 g/mol. The van der Waals surface area contributed by atoms with Gasteiger partial charge in [-0.3, -0.25) is 0 Å². The van der Waals surface area contributed by atoms with Gasteiger partial charge in [-0.05, 0) is 48.8 Å². The largest absolute Gasteiger partial charge is 0.493 e. The van der Waals surface area contributed by atoms with Crippen molar-refractivity contribution in [3.8, 4) is 17.2 Å². The van der Waals surface area contributed by atoms with Gasteiger partial charge in [-0.15, -0.1) is 0 Å². The summed E-state index contributed by atoms with van der Waals surface area (Å²) in [6.45, 7) is 2.45. The second kappa shape index (κ2) is 7.23. The number of halogens is 1. The highest BCUT2D eigenvalue weighted by Gasteiger charge is 2.13. The van der Waals surface area contributed by atoms with Crippen molar-refractivity contribution in [2.75, 3.05) is 20.8 Å². The van der Waals surface area contributed by atoms with Gasteiger partial charge in [0.15, 0.2) is 11.5 Å². The van der Waals surface area contributed by atoms with Crippen molar-refractivity contribution in [2.24, 2.45) is 0 Å². The Hall–Kier alpha value is -1.87. The first kappa shape index (κ1) is 15.5. The molecule has 0 atom stereocenters. The van der Waals surface area contributed by atoms with E-state index in [4.69, 9.17) is 25.8 Å². The topological polar surface area (TPSA) is 27.7 Å². The van der Waals surface area contributed by atoms with E-state index in [9.17, 15) is 0 Å². The first-order valence-electron chi connectivity index (χ1n) is 6.71. The number of ether oxygens (including phenoxy) is 3. The summed E-state index contributed by atoms with van der Waals surface area (Å²) in [7, 11) is 3.24. The first-order valence-corrected chi connectivity index (χ1v) is 7.09. The third-order valence-electron chi connectivity index (χ3n) is 3.14. The third-order valence-corrected chi connectivity index (χ3v) is 3.39. The van der Waals surface area contributed by atoms with E-state index in [1.165, 1.54) is 0 Å². The second-order valence-electron chi connectivity index (χ2n) is 4.77. The molecule has 1 aliphatic carbocycles. The van der Waals surface area contributed by atoms with Crippen molar-refractivity contribution in [2.45, 2.75) is 13.3 Å². The van der Waals surface area contributed by atoms with Crippen LogP contribution in [0.2, 0.25) is 0 Å². The molecule has 1 aromatic rings. The van der Waals surface area contributed by atoms with Crippen LogP contribution in [0.1, 0.15) is 12.0 Å². The summed E-state index contributed by atoms with van der Waals surface area (Å²) in [5.41, 5.74) is 2.19. The lowest BCUT2D eigenvalue weighted by atomic mass is 10.2. The Morgan fingerprint density at radius 1 is 1.10 bits per heavy atom. The monoisotopic (exact) mass is 306 g/mol. The van der Waals surface area contributed by atoms with Crippen LogP contribution < -0.4 is 14.2 Å². The van der Waals surface area contributed by atoms with Crippen molar-refractivity contribution in [3.05, 3.63) is 52.6 Å². The number of allylic oxidation sites excluding steroid dienone is 5. The molecule has 4 heteroatoms. The van der Waals surface area contributed by atoms with Crippen molar-refractivity contribution >= 4 is 11.6 Å². The highest BCUT2D eigenvalue weighted by molar-refractivity contribution is 6.31. The van der Waals surface area contributed by atoms with E-state index in [0.717, 1.165) is 22.6 Å². The van der Waals surface area contributed by atoms with Crippen LogP contribution in [-0.4, -0.2) is 20.8 Å². The summed E-state index contributed by atoms with van der Waals surface area (Å²) in [6, 6.07) is 3.85. The van der Waals surface area contributed by atoms with Gasteiger partial charge in [-0.25, -0.2) is 0 Å². The fraction of sp³-hybridized carbons (Fsp3) is 0.294. The molecule has 1 aliphatic rings. The Morgan fingerprint density at radius 3 is 2.38 bits per heavy atom. The summed E-state index contributed by atoms with van der Waals surface area (Å²) in [5.74, 6) is 1.96. The van der Waals surface area contributed by atoms with Crippen LogP contribution in [0.5, 0.6) is 17.2 Å². The maximum Gasteiger partial charge on any atom is 0.203 e. The van der Waals surface area contributed by atoms with Crippen LogP contribution in [0.15, 0.2) is 47.0 Å². The minimum absolute atomic E-state index is 0.459. The molecule has 21 heavy (non-hydrogen) atoms. The van der Waals surface area contributed by atoms with Gasteiger partial charge in [0.1, 0.15) is 6.61 Å². The van der Waals surface area contributed by atoms with E-state index >= 15 is 0 Å². The van der Waals surface area contributed by atoms with Gasteiger partial charge in [0, 0.05) is 5.03 Å². The van der Waals surface area contributed by atoms with Crippen LogP contribution in [-0.2, 0) is 0 Å². The molecule has 0 saturated carbocycles. The highest BCUT2D eigenvalue weighted by Crippen LogP contribution is 2.38. The quantitative estimate of drug-likeness (QED) is 0.807. The molecule has 0 N–H and O–H groups in total. The minimum atomic E-state index is 0.459. The Kier molecular flexibility index (Phi) is 5.34. The fourth-order valence-corrected chi connectivity index (χ4v) is 2.22. The molecule has 0 unspecified atom stereocenters. The molecule has 2 rings (SSSR count). The van der Waals surface area contributed by atoms with Crippen molar-refractivity contribution in [3.63, 3.8) is 0 Å². The van der Waals surface area contributed by atoms with Crippen LogP contribution >= 0.6 is 11.6 Å². The van der Waals surface area contributed by atoms with Crippen LogP contribution in [0.4, 0.5) is 0 Å².